The van der Waals surface area contributed by atoms with E-state index in [-0.39, 0.29) is 11.3 Å². The van der Waals surface area contributed by atoms with Crippen molar-refractivity contribution >= 4 is 16.8 Å². The van der Waals surface area contributed by atoms with E-state index in [0.29, 0.717) is 10.9 Å². The zero-order chi connectivity index (χ0) is 14.3. The molecular weight excluding hydrogens is 261 g/mol. The summed E-state index contributed by atoms with van der Waals surface area (Å²) in [5.74, 6) is -0.869. The molecule has 0 amide bonds. The number of para-hydroxylation sites is 1. The molecule has 0 bridgehead atoms. The van der Waals surface area contributed by atoms with Gasteiger partial charge in [0, 0.05) is 24.2 Å². The number of nitrogens with two attached hydrogens (primary N) is 1. The largest absolute Gasteiger partial charge is 0.450 e. The maximum atomic E-state index is 13.5. The lowest BCUT2D eigenvalue weighted by molar-refractivity contribution is 0.0936. The summed E-state index contributed by atoms with van der Waals surface area (Å²) in [6.07, 6.45) is 3.18. The molecule has 2 aromatic heterocycles. The number of Topliss-reactive ketones (excluding diaryl/α,β-unsaturated/α-hetero) is 1. The molecule has 3 rings (SSSR count). The first kappa shape index (κ1) is 12.6. The summed E-state index contributed by atoms with van der Waals surface area (Å²) >= 11 is 0. The van der Waals surface area contributed by atoms with Crippen LogP contribution in [0, 0.1) is 5.82 Å². The van der Waals surface area contributed by atoms with Crippen LogP contribution in [0.3, 0.4) is 0 Å². The van der Waals surface area contributed by atoms with Crippen molar-refractivity contribution in [1.82, 2.24) is 9.78 Å². The Morgan fingerprint density at radius 1 is 1.50 bits per heavy atom. The minimum atomic E-state index is -0.882. The van der Waals surface area contributed by atoms with Crippen LogP contribution in [0.1, 0.15) is 22.2 Å². The molecule has 0 radical (unpaired) electrons. The number of hydrogen-bond acceptors (Lipinski definition) is 4. The molecule has 0 aliphatic heterocycles. The zero-order valence-electron chi connectivity index (χ0n) is 10.7. The molecule has 2 N–H and O–H groups in total. The quantitative estimate of drug-likeness (QED) is 0.742. The number of rotatable bonds is 3. The van der Waals surface area contributed by atoms with Crippen LogP contribution in [0.2, 0.25) is 0 Å². The van der Waals surface area contributed by atoms with E-state index < -0.39 is 17.6 Å². The number of fused-ring (bicyclic) bond motifs is 1. The topological polar surface area (TPSA) is 74.0 Å². The molecule has 102 valence electrons. The molecule has 0 aliphatic carbocycles. The second kappa shape index (κ2) is 4.57. The number of ketones is 1. The van der Waals surface area contributed by atoms with Gasteiger partial charge in [-0.3, -0.25) is 9.48 Å². The normalized spacial score (nSPS) is 12.8. The van der Waals surface area contributed by atoms with Crippen molar-refractivity contribution in [3.05, 3.63) is 53.8 Å². The fourth-order valence-electron chi connectivity index (χ4n) is 2.05. The fraction of sp³-hybridized carbons (Fsp3) is 0.143. The summed E-state index contributed by atoms with van der Waals surface area (Å²) in [7, 11) is 1.73. The first-order valence-corrected chi connectivity index (χ1v) is 6.02. The summed E-state index contributed by atoms with van der Waals surface area (Å²) < 4.78 is 20.4. The minimum Gasteiger partial charge on any atom is -0.450 e. The van der Waals surface area contributed by atoms with Crippen LogP contribution in [0.4, 0.5) is 4.39 Å². The summed E-state index contributed by atoms with van der Waals surface area (Å²) in [5.41, 5.74) is 6.53. The van der Waals surface area contributed by atoms with Crippen LogP contribution in [-0.4, -0.2) is 15.6 Å². The number of furan rings is 1. The average molecular weight is 273 g/mol. The van der Waals surface area contributed by atoms with Gasteiger partial charge in [0.25, 0.3) is 0 Å². The highest BCUT2D eigenvalue weighted by molar-refractivity contribution is 6.01. The van der Waals surface area contributed by atoms with E-state index in [4.69, 9.17) is 10.2 Å². The van der Waals surface area contributed by atoms with Gasteiger partial charge in [-0.05, 0) is 12.1 Å². The Morgan fingerprint density at radius 2 is 2.30 bits per heavy atom. The predicted octanol–water partition coefficient (Wildman–Crippen LogP) is 2.19. The van der Waals surface area contributed by atoms with Crippen molar-refractivity contribution in [2.45, 2.75) is 6.04 Å². The number of nitrogens with zero attached hydrogens (tertiary/aromatic N) is 2. The van der Waals surface area contributed by atoms with E-state index >= 15 is 0 Å². The van der Waals surface area contributed by atoms with Gasteiger partial charge in [-0.2, -0.15) is 5.10 Å². The van der Waals surface area contributed by atoms with Crippen LogP contribution in [-0.2, 0) is 7.05 Å². The standard InChI is InChI=1S/C14H12FN3O2/c1-18-7-9(6-17-18)12(16)13(19)11-5-8-3-2-4-10(15)14(8)20-11/h2-7,12H,16H2,1H3. The van der Waals surface area contributed by atoms with Crippen molar-refractivity contribution in [2.24, 2.45) is 12.8 Å². The lowest BCUT2D eigenvalue weighted by Crippen LogP contribution is -2.20. The van der Waals surface area contributed by atoms with Gasteiger partial charge in [0.05, 0.1) is 6.20 Å². The van der Waals surface area contributed by atoms with Crippen LogP contribution in [0.5, 0.6) is 0 Å². The molecule has 20 heavy (non-hydrogen) atoms. The van der Waals surface area contributed by atoms with Crippen LogP contribution >= 0.6 is 0 Å². The predicted molar refractivity (Wildman–Crippen MR) is 70.6 cm³/mol. The van der Waals surface area contributed by atoms with Gasteiger partial charge < -0.3 is 10.2 Å². The van der Waals surface area contributed by atoms with Crippen molar-refractivity contribution in [2.75, 3.05) is 0 Å². The third-order valence-electron chi connectivity index (χ3n) is 3.11. The van der Waals surface area contributed by atoms with Crippen molar-refractivity contribution in [1.29, 1.82) is 0 Å². The Balaban J connectivity index is 1.98. The third kappa shape index (κ3) is 2.00. The Bertz CT molecular complexity index is 791. The van der Waals surface area contributed by atoms with Gasteiger partial charge in [0.15, 0.2) is 17.2 Å². The molecule has 1 atom stereocenters. The maximum Gasteiger partial charge on any atom is 0.219 e. The number of aromatic nitrogens is 2. The summed E-state index contributed by atoms with van der Waals surface area (Å²) in [4.78, 5) is 12.3. The van der Waals surface area contributed by atoms with E-state index in [9.17, 15) is 9.18 Å². The molecule has 1 unspecified atom stereocenters. The Labute approximate surface area is 113 Å². The third-order valence-corrected chi connectivity index (χ3v) is 3.11. The molecular formula is C14H12FN3O2. The first-order chi connectivity index (χ1) is 9.56. The van der Waals surface area contributed by atoms with Gasteiger partial charge >= 0.3 is 0 Å². The van der Waals surface area contributed by atoms with Crippen LogP contribution in [0.25, 0.3) is 11.0 Å². The highest BCUT2D eigenvalue weighted by Crippen LogP contribution is 2.25. The molecule has 0 aliphatic rings. The molecule has 0 saturated carbocycles. The molecule has 6 heteroatoms. The molecule has 0 spiro atoms. The molecule has 0 saturated heterocycles. The van der Waals surface area contributed by atoms with Crippen molar-refractivity contribution < 1.29 is 13.6 Å². The summed E-state index contributed by atoms with van der Waals surface area (Å²) in [5, 5.41) is 4.50. The Morgan fingerprint density at radius 3 is 2.95 bits per heavy atom. The van der Waals surface area contributed by atoms with Gasteiger partial charge in [0.2, 0.25) is 5.78 Å². The lowest BCUT2D eigenvalue weighted by atomic mass is 10.1. The zero-order valence-corrected chi connectivity index (χ0v) is 10.7. The van der Waals surface area contributed by atoms with Gasteiger partial charge in [-0.25, -0.2) is 4.39 Å². The monoisotopic (exact) mass is 273 g/mol. The Hall–Kier alpha value is -2.47. The Kier molecular flexibility index (Phi) is 2.87. The van der Waals surface area contributed by atoms with Gasteiger partial charge in [0.1, 0.15) is 6.04 Å². The van der Waals surface area contributed by atoms with E-state index in [1.165, 1.54) is 18.3 Å². The van der Waals surface area contributed by atoms with E-state index in [2.05, 4.69) is 5.10 Å². The molecule has 0 fully saturated rings. The second-order valence-electron chi connectivity index (χ2n) is 4.56. The SMILES string of the molecule is Cn1cc(C(N)C(=O)c2cc3cccc(F)c3o2)cn1. The van der Waals surface area contributed by atoms with Crippen LogP contribution < -0.4 is 5.73 Å². The summed E-state index contributed by atoms with van der Waals surface area (Å²) in [6, 6.07) is 5.13. The smallest absolute Gasteiger partial charge is 0.219 e. The van der Waals surface area contributed by atoms with Crippen molar-refractivity contribution in [3.63, 3.8) is 0 Å². The number of carbonyl (C=O) groups is 1. The highest BCUT2D eigenvalue weighted by atomic mass is 19.1. The van der Waals surface area contributed by atoms with Gasteiger partial charge in [-0.1, -0.05) is 12.1 Å². The fourth-order valence-corrected chi connectivity index (χ4v) is 2.05. The first-order valence-electron chi connectivity index (χ1n) is 6.02. The molecule has 2 heterocycles. The molecule has 3 aromatic rings. The number of hydrogen-bond donors (Lipinski definition) is 1. The van der Waals surface area contributed by atoms with E-state index in [1.807, 2.05) is 0 Å². The number of benzene rings is 1. The highest BCUT2D eigenvalue weighted by Gasteiger charge is 2.23. The molecule has 1 aromatic carbocycles. The average Bonchev–Trinajstić information content (AvgIpc) is 3.04. The summed E-state index contributed by atoms with van der Waals surface area (Å²) in [6.45, 7) is 0. The van der Waals surface area contributed by atoms with Crippen molar-refractivity contribution in [3.8, 4) is 0 Å². The number of carbonyl (C=O) groups excluding carboxylic acids is 1. The number of halogens is 1. The van der Waals surface area contributed by atoms with E-state index in [0.717, 1.165) is 0 Å². The van der Waals surface area contributed by atoms with E-state index in [1.54, 1.807) is 30.1 Å². The molecule has 5 nitrogen and oxygen atoms in total. The minimum absolute atomic E-state index is 0.0430. The number of aryl methyl sites for hydroxylation is 1. The second-order valence-corrected chi connectivity index (χ2v) is 4.56. The lowest BCUT2D eigenvalue weighted by Gasteiger charge is -2.05. The maximum absolute atomic E-state index is 13.5. The van der Waals surface area contributed by atoms with Gasteiger partial charge in [-0.15, -0.1) is 0 Å². The van der Waals surface area contributed by atoms with Crippen LogP contribution in [0.15, 0.2) is 41.1 Å².